The van der Waals surface area contributed by atoms with Gasteiger partial charge >= 0.3 is 0 Å². The van der Waals surface area contributed by atoms with E-state index in [4.69, 9.17) is 4.84 Å². The number of anilines is 2. The first-order valence-corrected chi connectivity index (χ1v) is 10.2. The van der Waals surface area contributed by atoms with Crippen LogP contribution in [0.15, 0.2) is 78.9 Å². The lowest BCUT2D eigenvalue weighted by molar-refractivity contribution is -0.384. The van der Waals surface area contributed by atoms with Crippen LogP contribution in [0.4, 0.5) is 17.1 Å². The molecule has 32 heavy (non-hydrogen) atoms. The van der Waals surface area contributed by atoms with Crippen molar-refractivity contribution in [2.24, 2.45) is 5.92 Å². The van der Waals surface area contributed by atoms with E-state index in [-0.39, 0.29) is 11.6 Å². The van der Waals surface area contributed by atoms with Crippen molar-refractivity contribution in [3.8, 4) is 0 Å². The molecule has 3 atom stereocenters. The van der Waals surface area contributed by atoms with E-state index < -0.39 is 28.9 Å². The van der Waals surface area contributed by atoms with Crippen molar-refractivity contribution in [2.75, 3.05) is 9.96 Å². The van der Waals surface area contributed by atoms with E-state index in [1.807, 2.05) is 49.4 Å². The molecule has 2 aliphatic heterocycles. The molecular weight excluding hydrogens is 410 g/mol. The summed E-state index contributed by atoms with van der Waals surface area (Å²) in [6.07, 6.45) is -1.02. The molecule has 2 aliphatic rings. The molecule has 2 heterocycles. The minimum atomic E-state index is -1.02. The van der Waals surface area contributed by atoms with Gasteiger partial charge in [-0.1, -0.05) is 54.1 Å². The average molecular weight is 429 g/mol. The van der Waals surface area contributed by atoms with Crippen LogP contribution in [0, 0.1) is 23.0 Å². The Morgan fingerprint density at radius 3 is 2.28 bits per heavy atom. The van der Waals surface area contributed by atoms with Gasteiger partial charge in [0.05, 0.1) is 22.3 Å². The average Bonchev–Trinajstić information content (AvgIpc) is 3.31. The number of nitro benzene ring substituents is 1. The maximum Gasteiger partial charge on any atom is 0.271 e. The molecule has 0 unspecified atom stereocenters. The Bertz CT molecular complexity index is 1210. The number of hydrogen-bond donors (Lipinski definition) is 0. The van der Waals surface area contributed by atoms with Crippen LogP contribution < -0.4 is 9.96 Å². The molecule has 0 radical (unpaired) electrons. The molecule has 0 aromatic heterocycles. The Labute approximate surface area is 183 Å². The van der Waals surface area contributed by atoms with Crippen LogP contribution in [0.5, 0.6) is 0 Å². The molecule has 0 bridgehead atoms. The highest BCUT2D eigenvalue weighted by Crippen LogP contribution is 2.47. The van der Waals surface area contributed by atoms with E-state index in [0.29, 0.717) is 11.4 Å². The smallest absolute Gasteiger partial charge is 0.271 e. The fraction of sp³-hybridized carbons (Fsp3) is 0.167. The van der Waals surface area contributed by atoms with E-state index >= 15 is 0 Å². The molecule has 3 aromatic rings. The van der Waals surface area contributed by atoms with Crippen molar-refractivity contribution in [1.82, 2.24) is 0 Å². The molecule has 2 amide bonds. The monoisotopic (exact) mass is 429 g/mol. The van der Waals surface area contributed by atoms with E-state index in [1.165, 1.54) is 22.1 Å². The second-order valence-corrected chi connectivity index (χ2v) is 7.86. The Hall–Kier alpha value is -4.04. The number of hydrogen-bond acceptors (Lipinski definition) is 6. The summed E-state index contributed by atoms with van der Waals surface area (Å²) in [7, 11) is 0. The summed E-state index contributed by atoms with van der Waals surface area (Å²) in [5.41, 5.74) is 2.60. The van der Waals surface area contributed by atoms with Crippen LogP contribution in [-0.4, -0.2) is 22.8 Å². The number of fused-ring (bicyclic) bond motifs is 1. The standard InChI is InChI=1S/C24H19N3O5/c1-15-10-12-17(13-11-15)25-23(28)20-21(16-6-3-2-4-7-16)26(32-22(20)24(25)29)18-8-5-9-19(14-18)27(30)31/h2-14,20-22H,1H3/t20-,21-,22+/m0/s1. The van der Waals surface area contributed by atoms with Crippen molar-refractivity contribution in [2.45, 2.75) is 19.1 Å². The fourth-order valence-corrected chi connectivity index (χ4v) is 4.32. The van der Waals surface area contributed by atoms with Gasteiger partial charge in [0.1, 0.15) is 5.92 Å². The number of rotatable bonds is 4. The molecule has 0 aliphatic carbocycles. The largest absolute Gasteiger partial charge is 0.273 e. The normalized spacial score (nSPS) is 22.3. The van der Waals surface area contributed by atoms with Crippen molar-refractivity contribution < 1.29 is 19.3 Å². The number of aryl methyl sites for hydroxylation is 1. The molecule has 5 rings (SSSR count). The lowest BCUT2D eigenvalue weighted by Gasteiger charge is -2.28. The third-order valence-corrected chi connectivity index (χ3v) is 5.84. The predicted octanol–water partition coefficient (Wildman–Crippen LogP) is 3.95. The summed E-state index contributed by atoms with van der Waals surface area (Å²) in [5, 5.41) is 12.7. The molecule has 3 aromatic carbocycles. The maximum absolute atomic E-state index is 13.5. The van der Waals surface area contributed by atoms with Crippen molar-refractivity contribution in [1.29, 1.82) is 0 Å². The van der Waals surface area contributed by atoms with Gasteiger partial charge in [0.15, 0.2) is 6.10 Å². The van der Waals surface area contributed by atoms with Gasteiger partial charge in [-0.3, -0.25) is 24.5 Å². The van der Waals surface area contributed by atoms with Crippen LogP contribution in [0.25, 0.3) is 0 Å². The number of carbonyl (C=O) groups is 2. The third-order valence-electron chi connectivity index (χ3n) is 5.84. The second kappa shape index (κ2) is 7.58. The van der Waals surface area contributed by atoms with Gasteiger partial charge in [-0.15, -0.1) is 0 Å². The van der Waals surface area contributed by atoms with Gasteiger partial charge in [-0.2, -0.15) is 0 Å². The van der Waals surface area contributed by atoms with E-state index in [0.717, 1.165) is 11.1 Å². The van der Waals surface area contributed by atoms with Crippen molar-refractivity contribution in [3.05, 3.63) is 100 Å². The van der Waals surface area contributed by atoms with Gasteiger partial charge in [0.25, 0.3) is 11.6 Å². The number of amides is 2. The fourth-order valence-electron chi connectivity index (χ4n) is 4.32. The highest BCUT2D eigenvalue weighted by atomic mass is 16.7. The summed E-state index contributed by atoms with van der Waals surface area (Å²) in [6, 6.07) is 21.8. The zero-order valence-corrected chi connectivity index (χ0v) is 17.1. The zero-order valence-electron chi connectivity index (χ0n) is 17.1. The van der Waals surface area contributed by atoms with E-state index in [2.05, 4.69) is 0 Å². The number of non-ortho nitro benzene ring substituents is 1. The number of imide groups is 1. The Morgan fingerprint density at radius 2 is 1.59 bits per heavy atom. The van der Waals surface area contributed by atoms with Crippen LogP contribution in [-0.2, 0) is 14.4 Å². The number of benzene rings is 3. The lowest BCUT2D eigenvalue weighted by atomic mass is 9.90. The number of nitro groups is 1. The number of nitrogens with zero attached hydrogens (tertiary/aromatic N) is 3. The van der Waals surface area contributed by atoms with Gasteiger partial charge in [0.2, 0.25) is 5.91 Å². The van der Waals surface area contributed by atoms with Crippen LogP contribution >= 0.6 is 0 Å². The summed E-state index contributed by atoms with van der Waals surface area (Å²) in [6.45, 7) is 1.93. The van der Waals surface area contributed by atoms with E-state index in [1.54, 1.807) is 24.3 Å². The first kappa shape index (κ1) is 19.9. The molecule has 2 saturated heterocycles. The summed E-state index contributed by atoms with van der Waals surface area (Å²) < 4.78 is 0. The van der Waals surface area contributed by atoms with Crippen LogP contribution in [0.2, 0.25) is 0 Å². The molecule has 0 N–H and O–H groups in total. The second-order valence-electron chi connectivity index (χ2n) is 7.86. The maximum atomic E-state index is 13.5. The summed E-state index contributed by atoms with van der Waals surface area (Å²) in [5.74, 6) is -1.59. The highest BCUT2D eigenvalue weighted by Gasteiger charge is 2.60. The van der Waals surface area contributed by atoms with Crippen molar-refractivity contribution in [3.63, 3.8) is 0 Å². The molecule has 8 nitrogen and oxygen atoms in total. The van der Waals surface area contributed by atoms with Crippen LogP contribution in [0.1, 0.15) is 17.2 Å². The van der Waals surface area contributed by atoms with Gasteiger partial charge in [-0.05, 0) is 30.7 Å². The zero-order chi connectivity index (χ0) is 22.4. The van der Waals surface area contributed by atoms with E-state index in [9.17, 15) is 19.7 Å². The third kappa shape index (κ3) is 3.12. The highest BCUT2D eigenvalue weighted by molar-refractivity contribution is 6.23. The molecule has 2 fully saturated rings. The minimum Gasteiger partial charge on any atom is -0.273 e. The topological polar surface area (TPSA) is 93.0 Å². The predicted molar refractivity (Wildman–Crippen MR) is 117 cm³/mol. The first-order chi connectivity index (χ1) is 15.5. The van der Waals surface area contributed by atoms with Gasteiger partial charge in [-0.25, -0.2) is 9.96 Å². The summed E-state index contributed by atoms with van der Waals surface area (Å²) in [4.78, 5) is 44.8. The molecule has 0 spiro atoms. The van der Waals surface area contributed by atoms with Crippen molar-refractivity contribution >= 4 is 28.9 Å². The molecule has 160 valence electrons. The minimum absolute atomic E-state index is 0.103. The number of hydroxylamine groups is 1. The van der Waals surface area contributed by atoms with Gasteiger partial charge in [0, 0.05) is 12.1 Å². The first-order valence-electron chi connectivity index (χ1n) is 10.2. The Balaban J connectivity index is 1.58. The molecule has 8 heteroatoms. The van der Waals surface area contributed by atoms with Gasteiger partial charge < -0.3 is 0 Å². The molecular formula is C24H19N3O5. The summed E-state index contributed by atoms with van der Waals surface area (Å²) >= 11 is 0. The lowest BCUT2D eigenvalue weighted by Crippen LogP contribution is -2.37. The number of carbonyl (C=O) groups excluding carboxylic acids is 2. The SMILES string of the molecule is Cc1ccc(N2C(=O)[C@@H]3[C@@H](ON(c4cccc([N+](=O)[O-])c4)[C@H]3c3ccccc3)C2=O)cc1. The van der Waals surface area contributed by atoms with Crippen LogP contribution in [0.3, 0.4) is 0 Å². The molecule has 0 saturated carbocycles. The Kier molecular flexibility index (Phi) is 4.71. The Morgan fingerprint density at radius 1 is 0.875 bits per heavy atom. The quantitative estimate of drug-likeness (QED) is 0.354.